The summed E-state index contributed by atoms with van der Waals surface area (Å²) in [5, 5.41) is 9.31. The monoisotopic (exact) mass is 568 g/mol. The summed E-state index contributed by atoms with van der Waals surface area (Å²) in [4.78, 5) is 19.8. The van der Waals surface area contributed by atoms with Gasteiger partial charge in [0.05, 0.1) is 5.56 Å². The van der Waals surface area contributed by atoms with Gasteiger partial charge in [-0.2, -0.15) is 5.26 Å². The molecule has 0 aromatic heterocycles. The van der Waals surface area contributed by atoms with Gasteiger partial charge in [-0.3, -0.25) is 4.79 Å². The van der Waals surface area contributed by atoms with Gasteiger partial charge in [-0.25, -0.2) is 4.39 Å². The van der Waals surface area contributed by atoms with Gasteiger partial charge in [0, 0.05) is 67.7 Å². The number of piperazine rings is 1. The van der Waals surface area contributed by atoms with E-state index in [1.807, 2.05) is 12.1 Å². The summed E-state index contributed by atoms with van der Waals surface area (Å²) in [5.74, 6) is 0.250. The van der Waals surface area contributed by atoms with Crippen molar-refractivity contribution < 1.29 is 9.18 Å². The first-order valence-electron chi connectivity index (χ1n) is 16.0. The number of benzene rings is 2. The van der Waals surface area contributed by atoms with E-state index in [1.54, 1.807) is 6.07 Å². The van der Waals surface area contributed by atoms with Gasteiger partial charge < -0.3 is 14.7 Å². The van der Waals surface area contributed by atoms with Crippen molar-refractivity contribution in [2.75, 3.05) is 49.6 Å². The zero-order chi connectivity index (χ0) is 29.3. The summed E-state index contributed by atoms with van der Waals surface area (Å²) in [6, 6.07) is 15.7. The summed E-state index contributed by atoms with van der Waals surface area (Å²) in [7, 11) is 2.17. The van der Waals surface area contributed by atoms with E-state index in [0.717, 1.165) is 94.6 Å². The Bertz CT molecular complexity index is 1310. The standard InChI is InChI=1S/C36H45FN4O/c1-39-21-23-40(24-22-39)32-16-18-33(19-17-32)41-20-8-7-10-28(9-5-6-13-36(42)29-11-3-2-4-12-29)25-35(41)30-14-15-31(27-38)34(37)26-30/h10,14-19,25-26,29H,2-9,11-13,20-24H2,1H3/b28-10+,35-25-. The van der Waals surface area contributed by atoms with E-state index >= 15 is 0 Å². The van der Waals surface area contributed by atoms with Crippen molar-refractivity contribution in [3.63, 3.8) is 0 Å². The predicted octanol–water partition coefficient (Wildman–Crippen LogP) is 7.73. The number of anilines is 2. The minimum atomic E-state index is -0.491. The number of allylic oxidation sites excluding steroid dienone is 3. The van der Waals surface area contributed by atoms with Crippen LogP contribution in [-0.2, 0) is 4.79 Å². The van der Waals surface area contributed by atoms with Crippen molar-refractivity contribution in [2.24, 2.45) is 5.92 Å². The summed E-state index contributed by atoms with van der Waals surface area (Å²) in [5.41, 5.74) is 5.34. The quantitative estimate of drug-likeness (QED) is 0.290. The minimum absolute atomic E-state index is 0.0617. The fourth-order valence-electron chi connectivity index (χ4n) is 6.58. The van der Waals surface area contributed by atoms with Gasteiger partial charge >= 0.3 is 0 Å². The van der Waals surface area contributed by atoms with Crippen LogP contribution >= 0.6 is 0 Å². The molecule has 3 aliphatic rings. The number of halogens is 1. The van der Waals surface area contributed by atoms with Crippen LogP contribution < -0.4 is 9.80 Å². The Morgan fingerprint density at radius 1 is 0.929 bits per heavy atom. The Morgan fingerprint density at radius 2 is 1.67 bits per heavy atom. The largest absolute Gasteiger partial charge is 0.369 e. The Kier molecular flexibility index (Phi) is 10.5. The van der Waals surface area contributed by atoms with Crippen molar-refractivity contribution >= 4 is 22.9 Å². The first-order chi connectivity index (χ1) is 20.5. The number of hydrogen-bond acceptors (Lipinski definition) is 5. The van der Waals surface area contributed by atoms with Crippen molar-refractivity contribution in [2.45, 2.75) is 70.6 Å². The molecule has 0 radical (unpaired) electrons. The lowest BCUT2D eigenvalue weighted by Crippen LogP contribution is -2.44. The van der Waals surface area contributed by atoms with E-state index in [-0.39, 0.29) is 11.5 Å². The number of nitrogens with zero attached hydrogens (tertiary/aromatic N) is 4. The maximum absolute atomic E-state index is 14.9. The molecule has 1 aliphatic carbocycles. The third kappa shape index (κ3) is 7.69. The molecule has 0 unspecified atom stereocenters. The van der Waals surface area contributed by atoms with Crippen LogP contribution in [0.15, 0.2) is 60.2 Å². The van der Waals surface area contributed by atoms with Crippen LogP contribution in [0.5, 0.6) is 0 Å². The van der Waals surface area contributed by atoms with Crippen molar-refractivity contribution in [3.8, 4) is 6.07 Å². The molecule has 0 amide bonds. The predicted molar refractivity (Wildman–Crippen MR) is 170 cm³/mol. The molecule has 1 saturated heterocycles. The summed E-state index contributed by atoms with van der Waals surface area (Å²) in [6.07, 6.45) is 15.8. The maximum atomic E-state index is 14.9. The number of nitriles is 1. The molecule has 2 fully saturated rings. The van der Waals surface area contributed by atoms with Crippen LogP contribution in [-0.4, -0.2) is 50.5 Å². The molecule has 2 aromatic carbocycles. The highest BCUT2D eigenvalue weighted by Crippen LogP contribution is 2.33. The zero-order valence-electron chi connectivity index (χ0n) is 25.2. The van der Waals surface area contributed by atoms with Crippen molar-refractivity contribution in [1.82, 2.24) is 4.90 Å². The highest BCUT2D eigenvalue weighted by Gasteiger charge is 2.22. The number of carbonyl (C=O) groups is 1. The number of hydrogen-bond donors (Lipinski definition) is 0. The molecule has 42 heavy (non-hydrogen) atoms. The third-order valence-electron chi connectivity index (χ3n) is 9.22. The number of carbonyl (C=O) groups excluding carboxylic acids is 1. The molecule has 6 heteroatoms. The molecule has 0 atom stereocenters. The Labute approximate surface area is 251 Å². The lowest BCUT2D eigenvalue weighted by Gasteiger charge is -2.34. The van der Waals surface area contributed by atoms with E-state index in [1.165, 1.54) is 36.6 Å². The second-order valence-electron chi connectivity index (χ2n) is 12.2. The maximum Gasteiger partial charge on any atom is 0.141 e. The van der Waals surface area contributed by atoms with E-state index in [9.17, 15) is 14.4 Å². The first kappa shape index (κ1) is 30.0. The summed E-state index contributed by atoms with van der Waals surface area (Å²) in [6.45, 7) is 5.00. The van der Waals surface area contributed by atoms with Crippen LogP contribution in [0.2, 0.25) is 0 Å². The van der Waals surface area contributed by atoms with Crippen LogP contribution in [0, 0.1) is 23.1 Å². The van der Waals surface area contributed by atoms with Gasteiger partial charge in [0.25, 0.3) is 0 Å². The van der Waals surface area contributed by atoms with Gasteiger partial charge in [-0.1, -0.05) is 31.4 Å². The minimum Gasteiger partial charge on any atom is -0.369 e. The fraction of sp³-hybridized carbons (Fsp3) is 0.500. The fourth-order valence-corrected chi connectivity index (χ4v) is 6.58. The summed E-state index contributed by atoms with van der Waals surface area (Å²) >= 11 is 0. The van der Waals surface area contributed by atoms with Crippen LogP contribution in [0.3, 0.4) is 0 Å². The molecular formula is C36H45FN4O. The molecule has 0 N–H and O–H groups in total. The Hall–Kier alpha value is -3.43. The Balaban J connectivity index is 1.34. The SMILES string of the molecule is CN1CCN(c2ccc(N3CCC/C=C(CCCCC(=O)C4CCCCC4)/C=C\3c3ccc(C#N)c(F)c3)cc2)CC1. The molecule has 2 heterocycles. The number of unbranched alkanes of at least 4 members (excludes halogenated alkanes) is 1. The number of likely N-dealkylation sites (N-methyl/N-ethyl adjacent to an activating group) is 1. The van der Waals surface area contributed by atoms with Gasteiger partial charge in [-0.15, -0.1) is 0 Å². The molecule has 2 aromatic rings. The van der Waals surface area contributed by atoms with Gasteiger partial charge in [0.1, 0.15) is 17.7 Å². The number of Topliss-reactive ketones (excluding diaryl/α,β-unsaturated/α-hetero) is 1. The average Bonchev–Trinajstić information content (AvgIpc) is 3.01. The third-order valence-corrected chi connectivity index (χ3v) is 9.22. The molecule has 5 nitrogen and oxygen atoms in total. The average molecular weight is 569 g/mol. The number of rotatable bonds is 9. The van der Waals surface area contributed by atoms with E-state index < -0.39 is 5.82 Å². The van der Waals surface area contributed by atoms with Gasteiger partial charge in [-0.05, 0) is 100 Å². The lowest BCUT2D eigenvalue weighted by atomic mass is 9.84. The van der Waals surface area contributed by atoms with Crippen LogP contribution in [0.25, 0.3) is 5.70 Å². The zero-order valence-corrected chi connectivity index (χ0v) is 25.2. The topological polar surface area (TPSA) is 50.6 Å². The van der Waals surface area contributed by atoms with Gasteiger partial charge in [0.2, 0.25) is 0 Å². The Morgan fingerprint density at radius 3 is 2.38 bits per heavy atom. The van der Waals surface area contributed by atoms with E-state index in [4.69, 9.17) is 0 Å². The van der Waals surface area contributed by atoms with E-state index in [0.29, 0.717) is 12.2 Å². The second kappa shape index (κ2) is 14.6. The smallest absolute Gasteiger partial charge is 0.141 e. The first-order valence-corrected chi connectivity index (χ1v) is 16.0. The highest BCUT2D eigenvalue weighted by atomic mass is 19.1. The highest BCUT2D eigenvalue weighted by molar-refractivity contribution is 5.82. The van der Waals surface area contributed by atoms with Crippen LogP contribution in [0.4, 0.5) is 15.8 Å². The number of ketones is 1. The van der Waals surface area contributed by atoms with Crippen molar-refractivity contribution in [1.29, 1.82) is 5.26 Å². The molecular weight excluding hydrogens is 523 g/mol. The van der Waals surface area contributed by atoms with Crippen molar-refractivity contribution in [3.05, 3.63) is 77.1 Å². The molecule has 1 saturated carbocycles. The van der Waals surface area contributed by atoms with Crippen LogP contribution in [0.1, 0.15) is 81.8 Å². The molecule has 5 rings (SSSR count). The normalized spacial score (nSPS) is 21.5. The second-order valence-corrected chi connectivity index (χ2v) is 12.2. The lowest BCUT2D eigenvalue weighted by molar-refractivity contribution is -0.123. The van der Waals surface area contributed by atoms with Gasteiger partial charge in [0.15, 0.2) is 0 Å². The molecule has 222 valence electrons. The summed E-state index contributed by atoms with van der Waals surface area (Å²) < 4.78 is 14.9. The molecule has 0 spiro atoms. The van der Waals surface area contributed by atoms with E-state index in [2.05, 4.69) is 58.2 Å². The molecule has 0 bridgehead atoms. The molecule has 2 aliphatic heterocycles.